The van der Waals surface area contributed by atoms with Crippen molar-refractivity contribution in [2.75, 3.05) is 13.2 Å². The lowest BCUT2D eigenvalue weighted by Crippen LogP contribution is -2.34. The lowest BCUT2D eigenvalue weighted by atomic mass is 10.1. The zero-order valence-corrected chi connectivity index (χ0v) is 17.0. The van der Waals surface area contributed by atoms with E-state index in [0.29, 0.717) is 17.9 Å². The van der Waals surface area contributed by atoms with Crippen LogP contribution in [-0.4, -0.2) is 39.8 Å². The Balaban J connectivity index is 1.61. The van der Waals surface area contributed by atoms with Crippen molar-refractivity contribution in [3.05, 3.63) is 53.6 Å². The van der Waals surface area contributed by atoms with Gasteiger partial charge in [0, 0.05) is 17.5 Å². The van der Waals surface area contributed by atoms with Crippen molar-refractivity contribution < 1.29 is 22.7 Å². The van der Waals surface area contributed by atoms with Crippen molar-refractivity contribution in [3.63, 3.8) is 0 Å². The maximum Gasteiger partial charge on any atom is 0.255 e. The maximum atomic E-state index is 12.1. The third-order valence-corrected chi connectivity index (χ3v) is 5.61. The molecule has 0 saturated carbocycles. The van der Waals surface area contributed by atoms with E-state index in [1.54, 1.807) is 18.2 Å². The summed E-state index contributed by atoms with van der Waals surface area (Å²) in [6.45, 7) is 3.93. The quantitative estimate of drug-likeness (QED) is 0.504. The zero-order valence-electron chi connectivity index (χ0n) is 16.2. The van der Waals surface area contributed by atoms with Crippen LogP contribution in [0.4, 0.5) is 0 Å². The Kier molecular flexibility index (Phi) is 6.50. The number of nitrogens with one attached hydrogen (secondary N) is 2. The van der Waals surface area contributed by atoms with Gasteiger partial charge in [-0.2, -0.15) is 5.10 Å². The second kappa shape index (κ2) is 9.06. The van der Waals surface area contributed by atoms with Crippen LogP contribution in [-0.2, 0) is 21.2 Å². The second-order valence-corrected chi connectivity index (χ2v) is 8.26. The van der Waals surface area contributed by atoms with Gasteiger partial charge in [-0.15, -0.1) is 0 Å². The van der Waals surface area contributed by atoms with Crippen LogP contribution in [0.15, 0.2) is 52.5 Å². The van der Waals surface area contributed by atoms with Crippen LogP contribution >= 0.6 is 0 Å². The third kappa shape index (κ3) is 5.33. The predicted molar refractivity (Wildman–Crippen MR) is 109 cm³/mol. The molecule has 0 fully saturated rings. The third-order valence-electron chi connectivity index (χ3n) is 4.20. The molecule has 0 aliphatic carbocycles. The highest BCUT2D eigenvalue weighted by molar-refractivity contribution is 7.89. The average Bonchev–Trinajstić information content (AvgIpc) is 3.06. The van der Waals surface area contributed by atoms with Crippen molar-refractivity contribution in [2.45, 2.75) is 31.3 Å². The van der Waals surface area contributed by atoms with Gasteiger partial charge in [0.25, 0.3) is 5.91 Å². The van der Waals surface area contributed by atoms with Crippen LogP contribution in [0.25, 0.3) is 0 Å². The molecule has 1 atom stereocenters. The Bertz CT molecular complexity index is 1010. The van der Waals surface area contributed by atoms with Crippen LogP contribution in [0.3, 0.4) is 0 Å². The normalized spacial score (nSPS) is 15.7. The van der Waals surface area contributed by atoms with Crippen LogP contribution in [0.5, 0.6) is 11.5 Å². The largest absolute Gasteiger partial charge is 0.493 e. The van der Waals surface area contributed by atoms with Gasteiger partial charge in [-0.05, 0) is 38.1 Å². The maximum absolute atomic E-state index is 12.1. The number of nitrogens with zero attached hydrogens (tertiary/aromatic N) is 1. The van der Waals surface area contributed by atoms with E-state index in [9.17, 15) is 13.2 Å². The summed E-state index contributed by atoms with van der Waals surface area (Å²) in [4.78, 5) is 12.0. The predicted octanol–water partition coefficient (Wildman–Crippen LogP) is 1.84. The van der Waals surface area contributed by atoms with Gasteiger partial charge in [-0.25, -0.2) is 18.6 Å². The Morgan fingerprint density at radius 1 is 1.31 bits per heavy atom. The lowest BCUT2D eigenvalue weighted by molar-refractivity contribution is -0.119. The molecule has 1 aliphatic rings. The fraction of sp³-hybridized carbons (Fsp3) is 0.300. The standard InChI is InChI=1S/C20H23N3O5S/c1-3-27-18-10-15-9-14(2)28-19(15)11-16(18)12-21-23-20(24)13-22-29(25,26)17-7-5-4-6-8-17/h4-8,10-12,14,22H,3,9,13H2,1-2H3,(H,23,24)/b21-12-/t14-/m1/s1. The van der Waals surface area contributed by atoms with E-state index in [1.807, 2.05) is 26.0 Å². The molecular formula is C20H23N3O5S. The summed E-state index contributed by atoms with van der Waals surface area (Å²) in [6.07, 6.45) is 2.36. The van der Waals surface area contributed by atoms with Gasteiger partial charge in [-0.1, -0.05) is 18.2 Å². The minimum Gasteiger partial charge on any atom is -0.493 e. The lowest BCUT2D eigenvalue weighted by Gasteiger charge is -2.09. The van der Waals surface area contributed by atoms with Crippen molar-refractivity contribution in [2.24, 2.45) is 5.10 Å². The minimum absolute atomic E-state index is 0.0880. The molecule has 1 aliphatic heterocycles. The smallest absolute Gasteiger partial charge is 0.255 e. The number of carbonyl (C=O) groups is 1. The van der Waals surface area contributed by atoms with Crippen LogP contribution < -0.4 is 19.6 Å². The second-order valence-electron chi connectivity index (χ2n) is 6.49. The molecule has 9 heteroatoms. The molecule has 2 aromatic carbocycles. The molecule has 154 valence electrons. The molecule has 0 aromatic heterocycles. The van der Waals surface area contributed by atoms with Gasteiger partial charge in [-0.3, -0.25) is 4.79 Å². The van der Waals surface area contributed by atoms with E-state index in [1.165, 1.54) is 18.3 Å². The SMILES string of the molecule is CCOc1cc2c(cc1/C=N\NC(=O)CNS(=O)(=O)c1ccccc1)O[C@H](C)C2. The van der Waals surface area contributed by atoms with Gasteiger partial charge < -0.3 is 9.47 Å². The highest BCUT2D eigenvalue weighted by Gasteiger charge is 2.21. The number of carbonyl (C=O) groups excluding carboxylic acids is 1. The topological polar surface area (TPSA) is 106 Å². The van der Waals surface area contributed by atoms with Crippen LogP contribution in [0.1, 0.15) is 25.0 Å². The summed E-state index contributed by atoms with van der Waals surface area (Å²) in [5.41, 5.74) is 4.03. The Hall–Kier alpha value is -2.91. The van der Waals surface area contributed by atoms with Gasteiger partial charge in [0.05, 0.1) is 24.3 Å². The number of hydrogen-bond donors (Lipinski definition) is 2. The number of hydrogen-bond acceptors (Lipinski definition) is 6. The monoisotopic (exact) mass is 417 g/mol. The van der Waals surface area contributed by atoms with Crippen LogP contribution in [0.2, 0.25) is 0 Å². The number of benzene rings is 2. The van der Waals surface area contributed by atoms with Crippen molar-refractivity contribution in [3.8, 4) is 11.5 Å². The summed E-state index contributed by atoms with van der Waals surface area (Å²) in [5, 5.41) is 3.91. The highest BCUT2D eigenvalue weighted by atomic mass is 32.2. The van der Waals surface area contributed by atoms with Crippen molar-refractivity contribution >= 4 is 22.1 Å². The van der Waals surface area contributed by atoms with E-state index in [-0.39, 0.29) is 11.0 Å². The molecule has 0 unspecified atom stereocenters. The van der Waals surface area contributed by atoms with E-state index >= 15 is 0 Å². The summed E-state index contributed by atoms with van der Waals surface area (Å²) in [6, 6.07) is 11.6. The summed E-state index contributed by atoms with van der Waals surface area (Å²) < 4.78 is 37.9. The molecule has 1 amide bonds. The Morgan fingerprint density at radius 2 is 2.07 bits per heavy atom. The number of sulfonamides is 1. The molecular weight excluding hydrogens is 394 g/mol. The molecule has 0 saturated heterocycles. The number of rotatable bonds is 8. The van der Waals surface area contributed by atoms with E-state index in [4.69, 9.17) is 9.47 Å². The number of fused-ring (bicyclic) bond motifs is 1. The van der Waals surface area contributed by atoms with E-state index in [0.717, 1.165) is 17.7 Å². The number of ether oxygens (including phenoxy) is 2. The van der Waals surface area contributed by atoms with Gasteiger partial charge in [0.2, 0.25) is 10.0 Å². The van der Waals surface area contributed by atoms with Gasteiger partial charge in [0.1, 0.15) is 17.6 Å². The molecule has 2 N–H and O–H groups in total. The van der Waals surface area contributed by atoms with Gasteiger partial charge in [0.15, 0.2) is 0 Å². The van der Waals surface area contributed by atoms with Crippen molar-refractivity contribution in [1.82, 2.24) is 10.1 Å². The van der Waals surface area contributed by atoms with E-state index in [2.05, 4.69) is 15.2 Å². The molecule has 3 rings (SSSR count). The number of hydrazone groups is 1. The molecule has 0 spiro atoms. The molecule has 0 bridgehead atoms. The fourth-order valence-corrected chi connectivity index (χ4v) is 3.90. The first kappa shape index (κ1) is 20.8. The minimum atomic E-state index is -3.76. The number of amides is 1. The van der Waals surface area contributed by atoms with Gasteiger partial charge >= 0.3 is 0 Å². The molecule has 8 nitrogen and oxygen atoms in total. The first-order valence-electron chi connectivity index (χ1n) is 9.22. The summed E-state index contributed by atoms with van der Waals surface area (Å²) in [7, 11) is -3.76. The molecule has 2 aromatic rings. The fourth-order valence-electron chi connectivity index (χ4n) is 2.89. The molecule has 0 radical (unpaired) electrons. The summed E-state index contributed by atoms with van der Waals surface area (Å²) >= 11 is 0. The summed E-state index contributed by atoms with van der Waals surface area (Å²) in [5.74, 6) is 0.820. The van der Waals surface area contributed by atoms with Crippen molar-refractivity contribution in [1.29, 1.82) is 0 Å². The highest BCUT2D eigenvalue weighted by Crippen LogP contribution is 2.34. The zero-order chi connectivity index (χ0) is 20.9. The molecule has 1 heterocycles. The molecule has 29 heavy (non-hydrogen) atoms. The Labute approximate surface area is 170 Å². The van der Waals surface area contributed by atoms with Crippen LogP contribution in [0, 0.1) is 0 Å². The first-order chi connectivity index (χ1) is 13.9. The average molecular weight is 417 g/mol. The Morgan fingerprint density at radius 3 is 2.79 bits per heavy atom. The van der Waals surface area contributed by atoms with E-state index < -0.39 is 22.5 Å². The first-order valence-corrected chi connectivity index (χ1v) is 10.7.